The molecule has 0 bridgehead atoms. The van der Waals surface area contributed by atoms with Crippen molar-refractivity contribution in [3.05, 3.63) is 24.3 Å². The minimum absolute atomic E-state index is 0.513. The van der Waals surface area contributed by atoms with Gasteiger partial charge in [0.05, 0.1) is 5.16 Å². The summed E-state index contributed by atoms with van der Waals surface area (Å²) < 4.78 is 5.22. The van der Waals surface area contributed by atoms with Crippen LogP contribution in [0.4, 0.5) is 5.69 Å². The molecule has 0 aliphatic heterocycles. The summed E-state index contributed by atoms with van der Waals surface area (Å²) >= 11 is 4.50. The van der Waals surface area contributed by atoms with Crippen LogP contribution in [0.3, 0.4) is 0 Å². The smallest absolute Gasteiger partial charge is 0.197 e. The number of aliphatic hydroxyl groups excluding tert-OH is 1. The first-order valence-electron chi connectivity index (χ1n) is 4.29. The molecule has 74 valence electrons. The maximum absolute atomic E-state index is 9.29. The quantitative estimate of drug-likeness (QED) is 0.470. The molecule has 0 heterocycles. The molecule has 1 rings (SSSR count). The SMILES string of the molecule is CCC(O)Oc1ccccc1N=C=S. The van der Waals surface area contributed by atoms with E-state index in [2.05, 4.69) is 22.4 Å². The number of hydrogen-bond acceptors (Lipinski definition) is 4. The molecule has 0 spiro atoms. The average Bonchev–Trinajstić information content (AvgIpc) is 2.21. The van der Waals surface area contributed by atoms with Crippen molar-refractivity contribution in [1.29, 1.82) is 0 Å². The normalized spacial score (nSPS) is 11.6. The second-order valence-electron chi connectivity index (χ2n) is 2.65. The second-order valence-corrected chi connectivity index (χ2v) is 2.83. The van der Waals surface area contributed by atoms with Crippen LogP contribution in [0.25, 0.3) is 0 Å². The molecule has 4 heteroatoms. The summed E-state index contributed by atoms with van der Waals surface area (Å²) in [5.74, 6) is 0.513. The Balaban J connectivity index is 2.89. The van der Waals surface area contributed by atoms with Gasteiger partial charge in [0.15, 0.2) is 6.29 Å². The van der Waals surface area contributed by atoms with E-state index in [1.165, 1.54) is 0 Å². The molecule has 1 aromatic carbocycles. The van der Waals surface area contributed by atoms with E-state index in [0.29, 0.717) is 17.9 Å². The molecule has 0 amide bonds. The van der Waals surface area contributed by atoms with Crippen molar-refractivity contribution >= 4 is 23.1 Å². The van der Waals surface area contributed by atoms with E-state index >= 15 is 0 Å². The summed E-state index contributed by atoms with van der Waals surface area (Å²) in [6.07, 6.45) is -0.285. The molecule has 1 aromatic rings. The predicted molar refractivity (Wildman–Crippen MR) is 58.1 cm³/mol. The van der Waals surface area contributed by atoms with E-state index in [1.807, 2.05) is 13.0 Å². The van der Waals surface area contributed by atoms with Crippen LogP contribution in [0.2, 0.25) is 0 Å². The average molecular weight is 209 g/mol. The van der Waals surface area contributed by atoms with E-state index in [4.69, 9.17) is 4.74 Å². The van der Waals surface area contributed by atoms with Crippen LogP contribution in [0.5, 0.6) is 5.75 Å². The lowest BCUT2D eigenvalue weighted by Crippen LogP contribution is -2.13. The fourth-order valence-electron chi connectivity index (χ4n) is 0.928. The maximum atomic E-state index is 9.29. The van der Waals surface area contributed by atoms with Crippen molar-refractivity contribution in [2.45, 2.75) is 19.6 Å². The van der Waals surface area contributed by atoms with E-state index in [0.717, 1.165) is 0 Å². The van der Waals surface area contributed by atoms with Gasteiger partial charge in [0.1, 0.15) is 11.4 Å². The lowest BCUT2D eigenvalue weighted by Gasteiger charge is -2.12. The molecular weight excluding hydrogens is 198 g/mol. The first kappa shape index (κ1) is 10.9. The highest BCUT2D eigenvalue weighted by Gasteiger charge is 2.05. The second kappa shape index (κ2) is 5.50. The Morgan fingerprint density at radius 3 is 2.93 bits per heavy atom. The van der Waals surface area contributed by atoms with Crippen LogP contribution in [0.15, 0.2) is 29.3 Å². The molecule has 0 saturated heterocycles. The highest BCUT2D eigenvalue weighted by Crippen LogP contribution is 2.27. The topological polar surface area (TPSA) is 41.8 Å². The number of thiocarbonyl (C=S) groups is 1. The predicted octanol–water partition coefficient (Wildman–Crippen LogP) is 2.53. The summed E-state index contributed by atoms with van der Waals surface area (Å²) in [6, 6.07) is 7.10. The number of ether oxygens (including phenoxy) is 1. The van der Waals surface area contributed by atoms with Crippen molar-refractivity contribution in [2.24, 2.45) is 4.99 Å². The van der Waals surface area contributed by atoms with Crippen molar-refractivity contribution in [2.75, 3.05) is 0 Å². The fraction of sp³-hybridized carbons (Fsp3) is 0.300. The highest BCUT2D eigenvalue weighted by molar-refractivity contribution is 7.78. The lowest BCUT2D eigenvalue weighted by molar-refractivity contribution is -0.0186. The van der Waals surface area contributed by atoms with Gasteiger partial charge in [-0.3, -0.25) is 0 Å². The Morgan fingerprint density at radius 2 is 2.29 bits per heavy atom. The molecule has 1 N–H and O–H groups in total. The van der Waals surface area contributed by atoms with Crippen molar-refractivity contribution < 1.29 is 9.84 Å². The van der Waals surface area contributed by atoms with Gasteiger partial charge < -0.3 is 9.84 Å². The zero-order chi connectivity index (χ0) is 10.4. The third-order valence-electron chi connectivity index (χ3n) is 1.64. The summed E-state index contributed by atoms with van der Waals surface area (Å²) in [5, 5.41) is 11.6. The summed E-state index contributed by atoms with van der Waals surface area (Å²) in [4.78, 5) is 3.82. The van der Waals surface area contributed by atoms with Crippen LogP contribution in [-0.4, -0.2) is 16.6 Å². The minimum atomic E-state index is -0.809. The highest BCUT2D eigenvalue weighted by atomic mass is 32.1. The number of isothiocyanates is 1. The minimum Gasteiger partial charge on any atom is -0.463 e. The number of rotatable bonds is 4. The Hall–Kier alpha value is -1.22. The van der Waals surface area contributed by atoms with Crippen LogP contribution in [0.1, 0.15) is 13.3 Å². The monoisotopic (exact) mass is 209 g/mol. The van der Waals surface area contributed by atoms with Gasteiger partial charge in [0.2, 0.25) is 0 Å². The molecule has 1 atom stereocenters. The van der Waals surface area contributed by atoms with E-state index in [-0.39, 0.29) is 0 Å². The van der Waals surface area contributed by atoms with Crippen molar-refractivity contribution in [3.8, 4) is 5.75 Å². The van der Waals surface area contributed by atoms with Gasteiger partial charge >= 0.3 is 0 Å². The van der Waals surface area contributed by atoms with E-state index in [1.54, 1.807) is 18.2 Å². The molecule has 0 aliphatic rings. The lowest BCUT2D eigenvalue weighted by atomic mass is 10.3. The number of benzene rings is 1. The number of para-hydroxylation sites is 2. The third kappa shape index (κ3) is 2.92. The molecule has 0 fully saturated rings. The molecule has 0 saturated carbocycles. The molecule has 14 heavy (non-hydrogen) atoms. The summed E-state index contributed by atoms with van der Waals surface area (Å²) in [6.45, 7) is 1.83. The van der Waals surface area contributed by atoms with Gasteiger partial charge in [-0.15, -0.1) is 0 Å². The van der Waals surface area contributed by atoms with Gasteiger partial charge in [-0.25, -0.2) is 0 Å². The molecule has 3 nitrogen and oxygen atoms in total. The maximum Gasteiger partial charge on any atom is 0.197 e. The van der Waals surface area contributed by atoms with Gasteiger partial charge in [0.25, 0.3) is 0 Å². The Bertz CT molecular complexity index is 348. The Morgan fingerprint density at radius 1 is 1.57 bits per heavy atom. The molecule has 0 aliphatic carbocycles. The van der Waals surface area contributed by atoms with E-state index in [9.17, 15) is 5.11 Å². The number of nitrogens with zero attached hydrogens (tertiary/aromatic N) is 1. The Kier molecular flexibility index (Phi) is 4.26. The molecule has 0 radical (unpaired) electrons. The molecule has 0 aromatic heterocycles. The summed E-state index contributed by atoms with van der Waals surface area (Å²) in [7, 11) is 0. The first-order chi connectivity index (χ1) is 6.77. The largest absolute Gasteiger partial charge is 0.463 e. The third-order valence-corrected chi connectivity index (χ3v) is 1.73. The zero-order valence-corrected chi connectivity index (χ0v) is 8.62. The fourth-order valence-corrected chi connectivity index (χ4v) is 1.03. The van der Waals surface area contributed by atoms with Crippen LogP contribution < -0.4 is 4.74 Å². The zero-order valence-electron chi connectivity index (χ0n) is 7.80. The Labute approximate surface area is 88.1 Å². The van der Waals surface area contributed by atoms with Gasteiger partial charge in [-0.05, 0) is 24.4 Å². The van der Waals surface area contributed by atoms with Crippen molar-refractivity contribution in [1.82, 2.24) is 0 Å². The molecule has 1 unspecified atom stereocenters. The number of aliphatic imine (C=N–C) groups is 1. The van der Waals surface area contributed by atoms with Crippen LogP contribution in [0, 0.1) is 0 Å². The summed E-state index contributed by atoms with van der Waals surface area (Å²) in [5.41, 5.74) is 0.579. The standard InChI is InChI=1S/C10H11NO2S/c1-2-10(12)13-9-6-4-3-5-8(9)11-7-14/h3-6,10,12H,2H2,1H3. The number of hydrogen-bond donors (Lipinski definition) is 1. The molecular formula is C10H11NO2S. The first-order valence-corrected chi connectivity index (χ1v) is 4.70. The van der Waals surface area contributed by atoms with E-state index < -0.39 is 6.29 Å². The van der Waals surface area contributed by atoms with Gasteiger partial charge in [-0.2, -0.15) is 4.99 Å². The van der Waals surface area contributed by atoms with Crippen LogP contribution in [-0.2, 0) is 0 Å². The van der Waals surface area contributed by atoms with Gasteiger partial charge in [-0.1, -0.05) is 19.1 Å². The van der Waals surface area contributed by atoms with Crippen molar-refractivity contribution in [3.63, 3.8) is 0 Å². The number of aliphatic hydroxyl groups is 1. The van der Waals surface area contributed by atoms with Crippen LogP contribution >= 0.6 is 12.2 Å². The van der Waals surface area contributed by atoms with Gasteiger partial charge in [0, 0.05) is 6.42 Å².